The number of carbonyl (C=O) groups excluding carboxylic acids is 1. The standard InChI is InChI=1S/C16H13NO3S/c1-17-8-13(15-11(16(17)19)5-6-21-15)12-7-10(9-18)3-4-14(12)20-2/h3-9H,1-2H3. The first-order chi connectivity index (χ1) is 10.2. The van der Waals surface area contributed by atoms with Crippen LogP contribution in [0.5, 0.6) is 5.75 Å². The zero-order chi connectivity index (χ0) is 15.0. The second-order valence-corrected chi connectivity index (χ2v) is 5.62. The number of nitrogens with zero attached hydrogens (tertiary/aromatic N) is 1. The molecule has 3 aromatic rings. The molecule has 2 aromatic heterocycles. The molecular weight excluding hydrogens is 286 g/mol. The van der Waals surface area contributed by atoms with Crippen LogP contribution in [-0.2, 0) is 7.05 Å². The van der Waals surface area contributed by atoms with Gasteiger partial charge in [-0.15, -0.1) is 11.3 Å². The molecule has 0 unspecified atom stereocenters. The first kappa shape index (κ1) is 13.6. The summed E-state index contributed by atoms with van der Waals surface area (Å²) in [6, 6.07) is 7.08. The van der Waals surface area contributed by atoms with E-state index in [2.05, 4.69) is 0 Å². The predicted octanol–water partition coefficient (Wildman–Crippen LogP) is 3.09. The maximum absolute atomic E-state index is 12.1. The van der Waals surface area contributed by atoms with Crippen LogP contribution < -0.4 is 10.3 Å². The SMILES string of the molecule is COc1ccc(C=O)cc1-c1cn(C)c(=O)c2ccsc12. The maximum atomic E-state index is 12.1. The smallest absolute Gasteiger partial charge is 0.259 e. The number of pyridine rings is 1. The molecular formula is C16H13NO3S. The Bertz CT molecular complexity index is 892. The Kier molecular flexibility index (Phi) is 3.35. The highest BCUT2D eigenvalue weighted by atomic mass is 32.1. The van der Waals surface area contributed by atoms with Crippen molar-refractivity contribution >= 4 is 27.7 Å². The van der Waals surface area contributed by atoms with Crippen molar-refractivity contribution in [1.29, 1.82) is 0 Å². The van der Waals surface area contributed by atoms with Gasteiger partial charge < -0.3 is 9.30 Å². The van der Waals surface area contributed by atoms with Gasteiger partial charge in [0, 0.05) is 34.6 Å². The van der Waals surface area contributed by atoms with Gasteiger partial charge in [-0.05, 0) is 29.6 Å². The molecule has 106 valence electrons. The molecule has 0 saturated heterocycles. The highest BCUT2D eigenvalue weighted by molar-refractivity contribution is 7.17. The number of thiophene rings is 1. The highest BCUT2D eigenvalue weighted by Gasteiger charge is 2.14. The number of methoxy groups -OCH3 is 1. The van der Waals surface area contributed by atoms with Gasteiger partial charge in [0.25, 0.3) is 5.56 Å². The summed E-state index contributed by atoms with van der Waals surface area (Å²) in [5, 5.41) is 2.57. The van der Waals surface area contributed by atoms with Gasteiger partial charge in [-0.2, -0.15) is 0 Å². The molecule has 0 N–H and O–H groups in total. The number of hydrogen-bond donors (Lipinski definition) is 0. The molecule has 0 saturated carbocycles. The van der Waals surface area contributed by atoms with E-state index in [1.807, 2.05) is 11.4 Å². The van der Waals surface area contributed by atoms with E-state index in [-0.39, 0.29) is 5.56 Å². The molecule has 21 heavy (non-hydrogen) atoms. The lowest BCUT2D eigenvalue weighted by Gasteiger charge is -2.11. The summed E-state index contributed by atoms with van der Waals surface area (Å²) in [5.41, 5.74) is 2.25. The monoisotopic (exact) mass is 299 g/mol. The molecule has 0 atom stereocenters. The number of fused-ring (bicyclic) bond motifs is 1. The van der Waals surface area contributed by atoms with Crippen molar-refractivity contribution < 1.29 is 9.53 Å². The number of carbonyl (C=O) groups is 1. The van der Waals surface area contributed by atoms with Crippen molar-refractivity contribution in [3.05, 3.63) is 51.8 Å². The van der Waals surface area contributed by atoms with E-state index < -0.39 is 0 Å². The van der Waals surface area contributed by atoms with Crippen molar-refractivity contribution in [2.24, 2.45) is 7.05 Å². The quantitative estimate of drug-likeness (QED) is 0.698. The van der Waals surface area contributed by atoms with Gasteiger partial charge in [0.15, 0.2) is 0 Å². The minimum absolute atomic E-state index is 0.0273. The summed E-state index contributed by atoms with van der Waals surface area (Å²) >= 11 is 1.51. The van der Waals surface area contributed by atoms with Crippen LogP contribution in [-0.4, -0.2) is 18.0 Å². The average molecular weight is 299 g/mol. The number of aldehydes is 1. The first-order valence-electron chi connectivity index (χ1n) is 6.36. The van der Waals surface area contributed by atoms with Crippen molar-refractivity contribution in [2.45, 2.75) is 0 Å². The zero-order valence-electron chi connectivity index (χ0n) is 11.6. The number of aromatic nitrogens is 1. The molecule has 0 fully saturated rings. The summed E-state index contributed by atoms with van der Waals surface area (Å²) in [5.74, 6) is 0.675. The molecule has 4 nitrogen and oxygen atoms in total. The van der Waals surface area contributed by atoms with Gasteiger partial charge in [-0.25, -0.2) is 0 Å². The van der Waals surface area contributed by atoms with Gasteiger partial charge >= 0.3 is 0 Å². The minimum atomic E-state index is -0.0273. The van der Waals surface area contributed by atoms with Gasteiger partial charge in [-0.1, -0.05) is 0 Å². The third-order valence-electron chi connectivity index (χ3n) is 3.43. The van der Waals surface area contributed by atoms with Gasteiger partial charge in [0.2, 0.25) is 0 Å². The van der Waals surface area contributed by atoms with Crippen LogP contribution in [0.15, 0.2) is 40.6 Å². The van der Waals surface area contributed by atoms with Gasteiger partial charge in [-0.3, -0.25) is 9.59 Å². The molecule has 5 heteroatoms. The Morgan fingerprint density at radius 1 is 1.24 bits per heavy atom. The molecule has 0 amide bonds. The van der Waals surface area contributed by atoms with E-state index in [0.29, 0.717) is 16.7 Å². The molecule has 0 spiro atoms. The van der Waals surface area contributed by atoms with Crippen molar-refractivity contribution in [3.8, 4) is 16.9 Å². The highest BCUT2D eigenvalue weighted by Crippen LogP contribution is 2.36. The van der Waals surface area contributed by atoms with E-state index >= 15 is 0 Å². The molecule has 0 aliphatic heterocycles. The molecule has 0 aliphatic carbocycles. The topological polar surface area (TPSA) is 48.3 Å². The van der Waals surface area contributed by atoms with Crippen LogP contribution >= 0.6 is 11.3 Å². The lowest BCUT2D eigenvalue weighted by Crippen LogP contribution is -2.15. The van der Waals surface area contributed by atoms with Crippen molar-refractivity contribution in [1.82, 2.24) is 4.57 Å². The van der Waals surface area contributed by atoms with Crippen molar-refractivity contribution in [2.75, 3.05) is 7.11 Å². The number of aryl methyl sites for hydroxylation is 1. The number of ether oxygens (including phenoxy) is 1. The summed E-state index contributed by atoms with van der Waals surface area (Å²) < 4.78 is 7.85. The van der Waals surface area contributed by atoms with Crippen LogP contribution in [0.3, 0.4) is 0 Å². The molecule has 1 aromatic carbocycles. The molecule has 3 rings (SSSR count). The summed E-state index contributed by atoms with van der Waals surface area (Å²) in [4.78, 5) is 23.2. The molecule has 0 aliphatic rings. The molecule has 0 radical (unpaired) electrons. The van der Waals surface area contributed by atoms with E-state index in [4.69, 9.17) is 4.74 Å². The fourth-order valence-electron chi connectivity index (χ4n) is 2.39. The Labute approximate surface area is 125 Å². The van der Waals surface area contributed by atoms with E-state index in [0.717, 1.165) is 22.1 Å². The van der Waals surface area contributed by atoms with E-state index in [9.17, 15) is 9.59 Å². The molecule has 2 heterocycles. The average Bonchev–Trinajstić information content (AvgIpc) is 3.00. The fourth-order valence-corrected chi connectivity index (χ4v) is 3.30. The summed E-state index contributed by atoms with van der Waals surface area (Å²) in [6.45, 7) is 0. The predicted molar refractivity (Wildman–Crippen MR) is 84.4 cm³/mol. The van der Waals surface area contributed by atoms with Crippen LogP contribution in [0.4, 0.5) is 0 Å². The van der Waals surface area contributed by atoms with Crippen molar-refractivity contribution in [3.63, 3.8) is 0 Å². The fraction of sp³-hybridized carbons (Fsp3) is 0.125. The number of benzene rings is 1. The number of rotatable bonds is 3. The Morgan fingerprint density at radius 2 is 2.05 bits per heavy atom. The second kappa shape index (κ2) is 5.18. The maximum Gasteiger partial charge on any atom is 0.259 e. The second-order valence-electron chi connectivity index (χ2n) is 4.70. The molecule has 0 bridgehead atoms. The summed E-state index contributed by atoms with van der Waals surface area (Å²) in [7, 11) is 3.31. The van der Waals surface area contributed by atoms with Crippen LogP contribution in [0.25, 0.3) is 21.2 Å². The Balaban J connectivity index is 2.40. The first-order valence-corrected chi connectivity index (χ1v) is 7.24. The van der Waals surface area contributed by atoms with Crippen LogP contribution in [0.1, 0.15) is 10.4 Å². The van der Waals surface area contributed by atoms with Crippen LogP contribution in [0.2, 0.25) is 0 Å². The summed E-state index contributed by atoms with van der Waals surface area (Å²) in [6.07, 6.45) is 2.59. The van der Waals surface area contributed by atoms with Crippen LogP contribution in [0, 0.1) is 0 Å². The minimum Gasteiger partial charge on any atom is -0.496 e. The largest absolute Gasteiger partial charge is 0.496 e. The third-order valence-corrected chi connectivity index (χ3v) is 4.38. The lowest BCUT2D eigenvalue weighted by atomic mass is 10.0. The third kappa shape index (κ3) is 2.15. The number of hydrogen-bond acceptors (Lipinski definition) is 4. The van der Waals surface area contributed by atoms with E-state index in [1.165, 1.54) is 11.3 Å². The van der Waals surface area contributed by atoms with Gasteiger partial charge in [0.05, 0.1) is 12.5 Å². The Hall–Kier alpha value is -2.40. The Morgan fingerprint density at radius 3 is 2.76 bits per heavy atom. The van der Waals surface area contributed by atoms with Gasteiger partial charge in [0.1, 0.15) is 12.0 Å². The van der Waals surface area contributed by atoms with E-state index in [1.54, 1.807) is 43.1 Å². The zero-order valence-corrected chi connectivity index (χ0v) is 12.4. The normalized spacial score (nSPS) is 10.8. The lowest BCUT2D eigenvalue weighted by molar-refractivity contribution is 0.112.